The van der Waals surface area contributed by atoms with Gasteiger partial charge in [0.25, 0.3) is 0 Å². The molecule has 0 aromatic heterocycles. The number of aromatic carboxylic acids is 1. The first-order valence-corrected chi connectivity index (χ1v) is 8.19. The summed E-state index contributed by atoms with van der Waals surface area (Å²) in [5.74, 6) is -0.182. The van der Waals surface area contributed by atoms with E-state index in [-0.39, 0.29) is 5.56 Å². The highest BCUT2D eigenvalue weighted by Crippen LogP contribution is 2.17. The number of anilines is 1. The average molecular weight is 326 g/mol. The zero-order valence-electron chi connectivity index (χ0n) is 13.8. The van der Waals surface area contributed by atoms with Gasteiger partial charge in [0.05, 0.1) is 39.3 Å². The van der Waals surface area contributed by atoms with Crippen LogP contribution < -0.4 is 19.6 Å². The third kappa shape index (κ3) is 3.68. The summed E-state index contributed by atoms with van der Waals surface area (Å²) in [6.07, 6.45) is 0. The van der Waals surface area contributed by atoms with Crippen molar-refractivity contribution in [3.8, 4) is 5.75 Å². The highest BCUT2D eigenvalue weighted by molar-refractivity contribution is 5.86. The third-order valence-electron chi connectivity index (χ3n) is 4.57. The van der Waals surface area contributed by atoms with Crippen LogP contribution in [0.4, 0.5) is 5.69 Å². The van der Waals surface area contributed by atoms with Crippen molar-refractivity contribution in [1.29, 1.82) is 0 Å². The Labute approximate surface area is 142 Å². The van der Waals surface area contributed by atoms with Crippen LogP contribution in [0.5, 0.6) is 5.75 Å². The summed E-state index contributed by atoms with van der Waals surface area (Å²) >= 11 is 0. The molecule has 126 valence electrons. The largest absolute Gasteiger partial charge is 0.545 e. The molecule has 1 saturated heterocycles. The molecular weight excluding hydrogens is 304 g/mol. The van der Waals surface area contributed by atoms with Gasteiger partial charge in [0.2, 0.25) is 0 Å². The van der Waals surface area contributed by atoms with Crippen LogP contribution in [0.1, 0.15) is 15.9 Å². The number of benzene rings is 2. The van der Waals surface area contributed by atoms with Crippen LogP contribution in [-0.2, 0) is 6.54 Å². The SMILES string of the molecule is COc1ccccc1C[NH+]1CCN(c2ccc(C(=O)[O-])cc2)CC1. The molecule has 2 aromatic carbocycles. The minimum absolute atomic E-state index is 0.221. The first-order valence-electron chi connectivity index (χ1n) is 8.19. The number of quaternary nitrogens is 1. The van der Waals surface area contributed by atoms with Crippen molar-refractivity contribution in [2.45, 2.75) is 6.54 Å². The van der Waals surface area contributed by atoms with Gasteiger partial charge in [-0.05, 0) is 29.8 Å². The Hall–Kier alpha value is -2.53. The summed E-state index contributed by atoms with van der Waals surface area (Å²) < 4.78 is 5.43. The molecule has 0 saturated carbocycles. The van der Waals surface area contributed by atoms with E-state index >= 15 is 0 Å². The summed E-state index contributed by atoms with van der Waals surface area (Å²) in [6.45, 7) is 4.95. The van der Waals surface area contributed by atoms with Crippen LogP contribution >= 0.6 is 0 Å². The number of hydrogen-bond donors (Lipinski definition) is 1. The van der Waals surface area contributed by atoms with E-state index in [1.807, 2.05) is 30.3 Å². The van der Waals surface area contributed by atoms with Crippen molar-refractivity contribution in [2.24, 2.45) is 0 Å². The molecule has 0 unspecified atom stereocenters. The quantitative estimate of drug-likeness (QED) is 0.838. The van der Waals surface area contributed by atoms with E-state index in [2.05, 4.69) is 11.0 Å². The van der Waals surface area contributed by atoms with E-state index in [1.165, 1.54) is 10.5 Å². The van der Waals surface area contributed by atoms with Crippen molar-refractivity contribution in [1.82, 2.24) is 0 Å². The Morgan fingerprint density at radius 2 is 1.79 bits per heavy atom. The number of para-hydroxylation sites is 1. The molecule has 2 aromatic rings. The second-order valence-corrected chi connectivity index (χ2v) is 6.06. The number of piperazine rings is 1. The summed E-state index contributed by atoms with van der Waals surface area (Å²) in [4.78, 5) is 14.6. The Morgan fingerprint density at radius 3 is 2.42 bits per heavy atom. The number of rotatable bonds is 5. The fourth-order valence-corrected chi connectivity index (χ4v) is 3.18. The van der Waals surface area contributed by atoms with Crippen LogP contribution in [0, 0.1) is 0 Å². The van der Waals surface area contributed by atoms with Crippen molar-refractivity contribution < 1.29 is 19.5 Å². The summed E-state index contributed by atoms with van der Waals surface area (Å²) in [7, 11) is 1.71. The molecule has 5 nitrogen and oxygen atoms in total. The molecule has 1 N–H and O–H groups in total. The van der Waals surface area contributed by atoms with Gasteiger partial charge in [-0.3, -0.25) is 0 Å². The number of nitrogens with one attached hydrogen (secondary N) is 1. The number of carbonyl (C=O) groups is 1. The number of carboxylic acid groups (broad SMARTS) is 1. The maximum absolute atomic E-state index is 10.8. The maximum atomic E-state index is 10.8. The molecule has 1 aliphatic rings. The summed E-state index contributed by atoms with van der Waals surface area (Å²) in [6, 6.07) is 15.1. The van der Waals surface area contributed by atoms with Crippen LogP contribution in [0.3, 0.4) is 0 Å². The predicted octanol–water partition coefficient (Wildman–Crippen LogP) is -0.0362. The highest BCUT2D eigenvalue weighted by atomic mass is 16.5. The van der Waals surface area contributed by atoms with Gasteiger partial charge in [0.15, 0.2) is 0 Å². The zero-order chi connectivity index (χ0) is 16.9. The highest BCUT2D eigenvalue weighted by Gasteiger charge is 2.21. The fourth-order valence-electron chi connectivity index (χ4n) is 3.18. The number of carboxylic acids is 1. The molecule has 1 aliphatic heterocycles. The predicted molar refractivity (Wildman–Crippen MR) is 90.4 cm³/mol. The normalized spacial score (nSPS) is 15.3. The lowest BCUT2D eigenvalue weighted by Gasteiger charge is -2.34. The molecule has 0 aliphatic carbocycles. The minimum Gasteiger partial charge on any atom is -0.545 e. The van der Waals surface area contributed by atoms with E-state index in [1.54, 1.807) is 19.2 Å². The maximum Gasteiger partial charge on any atom is 0.127 e. The van der Waals surface area contributed by atoms with E-state index in [0.29, 0.717) is 0 Å². The molecule has 1 heterocycles. The van der Waals surface area contributed by atoms with Crippen molar-refractivity contribution in [3.63, 3.8) is 0 Å². The zero-order valence-corrected chi connectivity index (χ0v) is 13.8. The van der Waals surface area contributed by atoms with Gasteiger partial charge in [-0.1, -0.05) is 24.3 Å². The Balaban J connectivity index is 1.58. The number of nitrogens with zero attached hydrogens (tertiary/aromatic N) is 1. The van der Waals surface area contributed by atoms with E-state index < -0.39 is 5.97 Å². The standard InChI is InChI=1S/C19H22N2O3/c1-24-18-5-3-2-4-16(18)14-20-10-12-21(13-11-20)17-8-6-15(7-9-17)19(22)23/h2-9H,10-14H2,1H3,(H,22,23). The monoisotopic (exact) mass is 326 g/mol. The van der Waals surface area contributed by atoms with Gasteiger partial charge >= 0.3 is 0 Å². The molecule has 3 rings (SSSR count). The van der Waals surface area contributed by atoms with E-state index in [4.69, 9.17) is 4.74 Å². The van der Waals surface area contributed by atoms with E-state index in [9.17, 15) is 9.90 Å². The number of ether oxygens (including phenoxy) is 1. The first kappa shape index (κ1) is 16.3. The second-order valence-electron chi connectivity index (χ2n) is 6.06. The van der Waals surface area contributed by atoms with Gasteiger partial charge in [0, 0.05) is 11.3 Å². The minimum atomic E-state index is -1.13. The van der Waals surface area contributed by atoms with Crippen LogP contribution in [0.15, 0.2) is 48.5 Å². The van der Waals surface area contributed by atoms with Crippen LogP contribution in [-0.4, -0.2) is 39.3 Å². The molecule has 0 amide bonds. The Bertz CT molecular complexity index is 692. The number of methoxy groups -OCH3 is 1. The molecular formula is C19H22N2O3. The average Bonchev–Trinajstić information content (AvgIpc) is 2.63. The lowest BCUT2D eigenvalue weighted by atomic mass is 10.1. The van der Waals surface area contributed by atoms with Gasteiger partial charge < -0.3 is 24.4 Å². The van der Waals surface area contributed by atoms with Gasteiger partial charge in [-0.25, -0.2) is 0 Å². The molecule has 1 fully saturated rings. The van der Waals surface area contributed by atoms with Crippen molar-refractivity contribution in [3.05, 3.63) is 59.7 Å². The van der Waals surface area contributed by atoms with Crippen LogP contribution in [0.2, 0.25) is 0 Å². The second kappa shape index (κ2) is 7.36. The lowest BCUT2D eigenvalue weighted by Crippen LogP contribution is -3.13. The molecule has 5 heteroatoms. The first-order chi connectivity index (χ1) is 11.7. The lowest BCUT2D eigenvalue weighted by molar-refractivity contribution is -0.914. The molecule has 0 radical (unpaired) electrons. The smallest absolute Gasteiger partial charge is 0.127 e. The molecule has 0 spiro atoms. The van der Waals surface area contributed by atoms with Crippen LogP contribution in [0.25, 0.3) is 0 Å². The molecule has 0 atom stereocenters. The Morgan fingerprint density at radius 1 is 1.12 bits per heavy atom. The van der Waals surface area contributed by atoms with Gasteiger partial charge in [-0.15, -0.1) is 0 Å². The molecule has 0 bridgehead atoms. The van der Waals surface area contributed by atoms with Gasteiger partial charge in [-0.2, -0.15) is 0 Å². The summed E-state index contributed by atoms with van der Waals surface area (Å²) in [5, 5.41) is 10.8. The summed E-state index contributed by atoms with van der Waals surface area (Å²) in [5.41, 5.74) is 2.53. The fraction of sp³-hybridized carbons (Fsp3) is 0.316. The number of carbonyl (C=O) groups excluding carboxylic acids is 1. The molecule has 24 heavy (non-hydrogen) atoms. The van der Waals surface area contributed by atoms with Crippen molar-refractivity contribution >= 4 is 11.7 Å². The van der Waals surface area contributed by atoms with Gasteiger partial charge in [0.1, 0.15) is 12.3 Å². The Kier molecular flexibility index (Phi) is 5.01. The third-order valence-corrected chi connectivity index (χ3v) is 4.57. The van der Waals surface area contributed by atoms with E-state index in [0.717, 1.165) is 44.2 Å². The topological polar surface area (TPSA) is 57.0 Å². The number of hydrogen-bond acceptors (Lipinski definition) is 4. The van der Waals surface area contributed by atoms with Crippen molar-refractivity contribution in [2.75, 3.05) is 38.2 Å².